The van der Waals surface area contributed by atoms with Gasteiger partial charge in [-0.25, -0.2) is 0 Å². The molecule has 1 fully saturated rings. The number of hydrogen-bond acceptors (Lipinski definition) is 3. The molecule has 0 amide bonds. The van der Waals surface area contributed by atoms with E-state index in [1.165, 1.54) is 5.56 Å². The Balaban J connectivity index is 0.000000386. The second-order valence-electron chi connectivity index (χ2n) is 3.79. The lowest BCUT2D eigenvalue weighted by Gasteiger charge is -2.09. The van der Waals surface area contributed by atoms with E-state index < -0.39 is 0 Å². The second kappa shape index (κ2) is 6.98. The lowest BCUT2D eigenvalue weighted by atomic mass is 10.1. The van der Waals surface area contributed by atoms with Gasteiger partial charge in [0.1, 0.15) is 0 Å². The molecule has 1 heterocycles. The highest BCUT2D eigenvalue weighted by molar-refractivity contribution is 5.32. The number of hydrogen-bond donors (Lipinski definition) is 3. The lowest BCUT2D eigenvalue weighted by Crippen LogP contribution is -2.31. The summed E-state index contributed by atoms with van der Waals surface area (Å²) in [6.45, 7) is 2.99. The molecule has 1 aromatic carbocycles. The van der Waals surface area contributed by atoms with Crippen LogP contribution in [0, 0.1) is 0 Å². The molecule has 88 valence electrons. The molecular formula is C12H18N2O2. The summed E-state index contributed by atoms with van der Waals surface area (Å²) >= 11 is 0. The van der Waals surface area contributed by atoms with Crippen molar-refractivity contribution in [3.8, 4) is 0 Å². The van der Waals surface area contributed by atoms with Gasteiger partial charge in [-0.05, 0) is 18.9 Å². The van der Waals surface area contributed by atoms with Crippen molar-refractivity contribution >= 4 is 6.47 Å². The summed E-state index contributed by atoms with van der Waals surface area (Å²) < 4.78 is 0. The summed E-state index contributed by atoms with van der Waals surface area (Å²) in [5, 5.41) is 13.8. The Labute approximate surface area is 95.7 Å². The van der Waals surface area contributed by atoms with Crippen LogP contribution in [-0.2, 0) is 11.2 Å². The molecule has 1 aromatic rings. The Morgan fingerprint density at radius 1 is 1.44 bits per heavy atom. The molecule has 0 bridgehead atoms. The predicted molar refractivity (Wildman–Crippen MR) is 63.2 cm³/mol. The highest BCUT2D eigenvalue weighted by Gasteiger charge is 2.18. The summed E-state index contributed by atoms with van der Waals surface area (Å²) in [4.78, 5) is 8.36. The van der Waals surface area contributed by atoms with Gasteiger partial charge in [-0.1, -0.05) is 30.3 Å². The van der Waals surface area contributed by atoms with Crippen molar-refractivity contribution in [2.75, 3.05) is 6.54 Å². The van der Waals surface area contributed by atoms with Crippen LogP contribution in [0.15, 0.2) is 30.3 Å². The molecular weight excluding hydrogens is 204 g/mol. The van der Waals surface area contributed by atoms with Gasteiger partial charge in [0.25, 0.3) is 6.47 Å². The largest absolute Gasteiger partial charge is 0.483 e. The van der Waals surface area contributed by atoms with Gasteiger partial charge in [-0.2, -0.15) is 0 Å². The monoisotopic (exact) mass is 222 g/mol. The van der Waals surface area contributed by atoms with Crippen LogP contribution in [0.2, 0.25) is 0 Å². The summed E-state index contributed by atoms with van der Waals surface area (Å²) in [6, 6.07) is 11.2. The predicted octanol–water partition coefficient (Wildman–Crippen LogP) is 0.837. The molecule has 2 rings (SSSR count). The van der Waals surface area contributed by atoms with E-state index in [-0.39, 0.29) is 6.47 Å². The quantitative estimate of drug-likeness (QED) is 0.649. The fourth-order valence-corrected chi connectivity index (χ4v) is 1.82. The maximum absolute atomic E-state index is 8.36. The van der Waals surface area contributed by atoms with E-state index in [0.717, 1.165) is 13.0 Å². The zero-order valence-electron chi connectivity index (χ0n) is 9.39. The van der Waals surface area contributed by atoms with Crippen LogP contribution in [0.5, 0.6) is 0 Å². The van der Waals surface area contributed by atoms with Crippen molar-refractivity contribution in [3.05, 3.63) is 35.9 Å². The van der Waals surface area contributed by atoms with Crippen LogP contribution >= 0.6 is 0 Å². The Hall–Kier alpha value is -1.39. The van der Waals surface area contributed by atoms with Gasteiger partial charge in [0.05, 0.1) is 6.17 Å². The summed E-state index contributed by atoms with van der Waals surface area (Å²) in [6.07, 6.45) is 1.59. The van der Waals surface area contributed by atoms with E-state index in [9.17, 15) is 0 Å². The summed E-state index contributed by atoms with van der Waals surface area (Å²) in [5.41, 5.74) is 1.41. The minimum atomic E-state index is -0.250. The minimum absolute atomic E-state index is 0.250. The smallest absolute Gasteiger partial charge is 0.290 e. The molecule has 2 unspecified atom stereocenters. The molecule has 0 saturated carbocycles. The van der Waals surface area contributed by atoms with Crippen molar-refractivity contribution in [2.45, 2.75) is 25.6 Å². The zero-order valence-corrected chi connectivity index (χ0v) is 9.39. The number of carbonyl (C=O) groups is 1. The zero-order chi connectivity index (χ0) is 11.8. The molecule has 4 nitrogen and oxygen atoms in total. The Kier molecular flexibility index (Phi) is 5.53. The van der Waals surface area contributed by atoms with Crippen LogP contribution in [0.4, 0.5) is 0 Å². The molecule has 1 saturated heterocycles. The van der Waals surface area contributed by atoms with E-state index in [1.54, 1.807) is 0 Å². The first-order chi connectivity index (χ1) is 7.76. The average molecular weight is 222 g/mol. The van der Waals surface area contributed by atoms with Crippen molar-refractivity contribution in [2.24, 2.45) is 0 Å². The fourth-order valence-electron chi connectivity index (χ4n) is 1.82. The van der Waals surface area contributed by atoms with Crippen LogP contribution in [0.25, 0.3) is 0 Å². The van der Waals surface area contributed by atoms with Crippen LogP contribution < -0.4 is 10.6 Å². The van der Waals surface area contributed by atoms with E-state index >= 15 is 0 Å². The van der Waals surface area contributed by atoms with E-state index in [0.29, 0.717) is 12.2 Å². The topological polar surface area (TPSA) is 61.4 Å². The summed E-state index contributed by atoms with van der Waals surface area (Å²) in [5.74, 6) is 0. The molecule has 0 spiro atoms. The molecule has 16 heavy (non-hydrogen) atoms. The van der Waals surface area contributed by atoms with Gasteiger partial charge in [0, 0.05) is 12.6 Å². The third-order valence-electron chi connectivity index (χ3n) is 2.48. The number of benzene rings is 1. The van der Waals surface area contributed by atoms with Gasteiger partial charge in [0.2, 0.25) is 0 Å². The first-order valence-electron chi connectivity index (χ1n) is 5.37. The highest BCUT2D eigenvalue weighted by Crippen LogP contribution is 2.05. The molecule has 0 aromatic heterocycles. The first kappa shape index (κ1) is 12.7. The second-order valence-corrected chi connectivity index (χ2v) is 3.79. The minimum Gasteiger partial charge on any atom is -0.483 e. The standard InChI is InChI=1S/C11H16N2.CH2O2/c1-9-12-8-11(13-9)7-10-5-3-2-4-6-10;2-1-3/h2-6,9,11-13H,7-8H2,1H3;1H,(H,2,3). The SMILES string of the molecule is CC1NCC(Cc2ccccc2)N1.O=CO. The molecule has 1 aliphatic heterocycles. The highest BCUT2D eigenvalue weighted by atomic mass is 16.3. The van der Waals surface area contributed by atoms with Gasteiger partial charge in [-0.15, -0.1) is 0 Å². The van der Waals surface area contributed by atoms with E-state index in [1.807, 2.05) is 0 Å². The number of nitrogens with one attached hydrogen (secondary N) is 2. The van der Waals surface area contributed by atoms with E-state index in [4.69, 9.17) is 9.90 Å². The van der Waals surface area contributed by atoms with Crippen LogP contribution in [-0.4, -0.2) is 30.3 Å². The van der Waals surface area contributed by atoms with Gasteiger partial charge in [-0.3, -0.25) is 10.1 Å². The van der Waals surface area contributed by atoms with Gasteiger partial charge in [0.15, 0.2) is 0 Å². The third kappa shape index (κ3) is 4.42. The third-order valence-corrected chi connectivity index (χ3v) is 2.48. The van der Waals surface area contributed by atoms with Crippen molar-refractivity contribution < 1.29 is 9.90 Å². The molecule has 3 N–H and O–H groups in total. The number of carboxylic acid groups (broad SMARTS) is 1. The van der Waals surface area contributed by atoms with Crippen molar-refractivity contribution in [1.29, 1.82) is 0 Å². The van der Waals surface area contributed by atoms with Crippen molar-refractivity contribution in [1.82, 2.24) is 10.6 Å². The molecule has 0 aliphatic carbocycles. The van der Waals surface area contributed by atoms with Gasteiger partial charge < -0.3 is 10.4 Å². The Bertz CT molecular complexity index is 303. The molecule has 4 heteroatoms. The Morgan fingerprint density at radius 3 is 2.56 bits per heavy atom. The lowest BCUT2D eigenvalue weighted by molar-refractivity contribution is -0.122. The Morgan fingerprint density at radius 2 is 2.06 bits per heavy atom. The average Bonchev–Trinajstić information content (AvgIpc) is 2.67. The molecule has 0 radical (unpaired) electrons. The molecule has 2 atom stereocenters. The summed E-state index contributed by atoms with van der Waals surface area (Å²) in [7, 11) is 0. The maximum atomic E-state index is 8.36. The van der Waals surface area contributed by atoms with Crippen LogP contribution in [0.3, 0.4) is 0 Å². The first-order valence-corrected chi connectivity index (χ1v) is 5.37. The maximum Gasteiger partial charge on any atom is 0.290 e. The van der Waals surface area contributed by atoms with Gasteiger partial charge >= 0.3 is 0 Å². The van der Waals surface area contributed by atoms with Crippen LogP contribution in [0.1, 0.15) is 12.5 Å². The fraction of sp³-hybridized carbons (Fsp3) is 0.417. The normalized spacial score (nSPS) is 23.3. The molecule has 1 aliphatic rings. The van der Waals surface area contributed by atoms with E-state index in [2.05, 4.69) is 47.9 Å². The number of rotatable bonds is 2. The van der Waals surface area contributed by atoms with Crippen molar-refractivity contribution in [3.63, 3.8) is 0 Å².